The van der Waals surface area contributed by atoms with Crippen molar-refractivity contribution < 1.29 is 13.3 Å². The molecule has 0 saturated carbocycles. The quantitative estimate of drug-likeness (QED) is 0.0960. The van der Waals surface area contributed by atoms with Crippen molar-refractivity contribution in [2.24, 2.45) is 0 Å². The third-order valence-corrected chi connectivity index (χ3v) is 8.10. The Bertz CT molecular complexity index is 296. The van der Waals surface area contributed by atoms with Crippen LogP contribution in [-0.4, -0.2) is 34.4 Å². The van der Waals surface area contributed by atoms with Gasteiger partial charge in [-0.05, 0) is 6.42 Å². The molecule has 0 aromatic rings. The molecule has 0 aliphatic rings. The lowest BCUT2D eigenvalue weighted by atomic mass is 10.0. The highest BCUT2D eigenvalue weighted by atomic mass is 35.6. The largest absolute Gasteiger partial charge is 0.500 e. The molecular weight excluding hydrogens is 447 g/mol. The van der Waals surface area contributed by atoms with Gasteiger partial charge in [-0.2, -0.15) is 0 Å². The van der Waals surface area contributed by atoms with Crippen LogP contribution in [0.25, 0.3) is 0 Å². The summed E-state index contributed by atoms with van der Waals surface area (Å²) in [5.41, 5.74) is 0. The second-order valence-electron chi connectivity index (χ2n) is 7.60. The first kappa shape index (κ1) is 32.1. The average molecular weight is 494 g/mol. The molecular formula is C22H47Cl3O3Si. The molecule has 0 saturated heterocycles. The van der Waals surface area contributed by atoms with Gasteiger partial charge >= 0.3 is 8.80 Å². The molecule has 0 aromatic carbocycles. The van der Waals surface area contributed by atoms with Gasteiger partial charge in [-0.3, -0.25) is 0 Å². The van der Waals surface area contributed by atoms with Gasteiger partial charge in [0.25, 0.3) is 0 Å². The van der Waals surface area contributed by atoms with E-state index in [0.29, 0.717) is 0 Å². The molecule has 0 rings (SSSR count). The van der Waals surface area contributed by atoms with Gasteiger partial charge in [-0.15, -0.1) is 0 Å². The lowest BCUT2D eigenvalue weighted by molar-refractivity contribution is 0.122. The van der Waals surface area contributed by atoms with E-state index in [1.54, 1.807) is 21.3 Å². The van der Waals surface area contributed by atoms with E-state index in [0.717, 1.165) is 12.5 Å². The average Bonchev–Trinajstić information content (AvgIpc) is 2.70. The Morgan fingerprint density at radius 2 is 0.759 bits per heavy atom. The molecule has 29 heavy (non-hydrogen) atoms. The van der Waals surface area contributed by atoms with Crippen LogP contribution in [0.4, 0.5) is 0 Å². The highest BCUT2D eigenvalue weighted by Crippen LogP contribution is 2.19. The molecule has 0 amide bonds. The van der Waals surface area contributed by atoms with Crippen LogP contribution < -0.4 is 0 Å². The summed E-state index contributed by atoms with van der Waals surface area (Å²) in [6.07, 6.45) is 22.3. The molecule has 0 bridgehead atoms. The standard InChI is InChI=1S/C21H46O3Si.CHCl3/c1-5-6-7-8-9-10-11-12-13-14-15-16-17-18-19-20-21-25(22-2,23-3)24-4;2-1(3)4/h5-21H2,1-4H3;1H. The number of hydrogen-bond donors (Lipinski definition) is 0. The van der Waals surface area contributed by atoms with Crippen LogP contribution in [0.3, 0.4) is 0 Å². The Kier molecular flexibility index (Phi) is 28.0. The van der Waals surface area contributed by atoms with E-state index in [-0.39, 0.29) is 0 Å². The fourth-order valence-corrected chi connectivity index (χ4v) is 5.24. The van der Waals surface area contributed by atoms with E-state index in [2.05, 4.69) is 6.92 Å². The monoisotopic (exact) mass is 492 g/mol. The maximum Gasteiger partial charge on any atom is 0.500 e. The normalized spacial score (nSPS) is 11.6. The van der Waals surface area contributed by atoms with Crippen molar-refractivity contribution in [3.8, 4) is 0 Å². The zero-order valence-corrected chi connectivity index (χ0v) is 22.7. The van der Waals surface area contributed by atoms with E-state index in [9.17, 15) is 0 Å². The van der Waals surface area contributed by atoms with Gasteiger partial charge in [0.05, 0.1) is 0 Å². The zero-order chi connectivity index (χ0) is 22.2. The summed E-state index contributed by atoms with van der Waals surface area (Å²) in [6, 6.07) is 0.939. The van der Waals surface area contributed by atoms with Gasteiger partial charge in [0.15, 0.2) is 4.30 Å². The highest BCUT2D eigenvalue weighted by molar-refractivity contribution is 6.63. The summed E-state index contributed by atoms with van der Waals surface area (Å²) in [7, 11) is 2.78. The van der Waals surface area contributed by atoms with Gasteiger partial charge in [0.2, 0.25) is 0 Å². The SMILES string of the molecule is CCCCCCCCCCCCCCCCCC[Si](OC)(OC)OC.ClC(Cl)Cl. The predicted octanol–water partition coefficient (Wildman–Crippen LogP) is 9.11. The summed E-state index contributed by atoms with van der Waals surface area (Å²) >= 11 is 14.4. The van der Waals surface area contributed by atoms with Gasteiger partial charge in [0, 0.05) is 27.4 Å². The van der Waals surface area contributed by atoms with Crippen molar-refractivity contribution in [1.29, 1.82) is 0 Å². The fourth-order valence-electron chi connectivity index (χ4n) is 3.45. The second-order valence-corrected chi connectivity index (χ2v) is 12.7. The van der Waals surface area contributed by atoms with Crippen LogP contribution >= 0.6 is 34.8 Å². The lowest BCUT2D eigenvalue weighted by Gasteiger charge is -2.24. The van der Waals surface area contributed by atoms with E-state index in [1.807, 2.05) is 0 Å². The van der Waals surface area contributed by atoms with E-state index >= 15 is 0 Å². The molecule has 0 radical (unpaired) electrons. The molecule has 0 aliphatic heterocycles. The highest BCUT2D eigenvalue weighted by Gasteiger charge is 2.36. The van der Waals surface area contributed by atoms with E-state index < -0.39 is 13.1 Å². The van der Waals surface area contributed by atoms with Crippen LogP contribution in [-0.2, 0) is 13.3 Å². The Morgan fingerprint density at radius 3 is 1.00 bits per heavy atom. The van der Waals surface area contributed by atoms with Gasteiger partial charge in [-0.25, -0.2) is 0 Å². The summed E-state index contributed by atoms with van der Waals surface area (Å²) in [6.45, 7) is 2.29. The lowest BCUT2D eigenvalue weighted by Crippen LogP contribution is -2.42. The molecule has 0 aliphatic carbocycles. The molecule has 0 atom stereocenters. The van der Waals surface area contributed by atoms with Crippen LogP contribution in [0.15, 0.2) is 0 Å². The van der Waals surface area contributed by atoms with Crippen molar-refractivity contribution in [2.45, 2.75) is 120 Å². The van der Waals surface area contributed by atoms with Gasteiger partial charge in [0.1, 0.15) is 0 Å². The van der Waals surface area contributed by atoms with Crippen LogP contribution in [0.5, 0.6) is 0 Å². The van der Waals surface area contributed by atoms with Crippen molar-refractivity contribution in [1.82, 2.24) is 0 Å². The predicted molar refractivity (Wildman–Crippen MR) is 132 cm³/mol. The summed E-state index contributed by atoms with van der Waals surface area (Å²) in [5.74, 6) is 0. The third kappa shape index (κ3) is 25.1. The van der Waals surface area contributed by atoms with Crippen molar-refractivity contribution in [2.75, 3.05) is 21.3 Å². The second kappa shape index (κ2) is 25.2. The molecule has 0 N–H and O–H groups in total. The summed E-state index contributed by atoms with van der Waals surface area (Å²) < 4.78 is 15.6. The Morgan fingerprint density at radius 1 is 0.517 bits per heavy atom. The summed E-state index contributed by atoms with van der Waals surface area (Å²) in [4.78, 5) is 0. The first-order valence-electron chi connectivity index (χ1n) is 11.6. The Balaban J connectivity index is 0. The summed E-state index contributed by atoms with van der Waals surface area (Å²) in [5, 5.41) is 0. The number of halogens is 3. The number of rotatable bonds is 20. The topological polar surface area (TPSA) is 27.7 Å². The molecule has 0 spiro atoms. The molecule has 0 aromatic heterocycles. The molecule has 0 fully saturated rings. The minimum absolute atomic E-state index is 0.750. The van der Waals surface area contributed by atoms with Crippen LogP contribution in [0, 0.1) is 0 Å². The van der Waals surface area contributed by atoms with Crippen molar-refractivity contribution in [3.63, 3.8) is 0 Å². The fraction of sp³-hybridized carbons (Fsp3) is 1.00. The number of unbranched alkanes of at least 4 members (excludes halogenated alkanes) is 15. The molecule has 7 heteroatoms. The molecule has 178 valence electrons. The van der Waals surface area contributed by atoms with Crippen LogP contribution in [0.1, 0.15) is 110 Å². The van der Waals surface area contributed by atoms with E-state index in [1.165, 1.54) is 96.3 Å². The molecule has 0 heterocycles. The van der Waals surface area contributed by atoms with E-state index in [4.69, 9.17) is 48.1 Å². The third-order valence-electron chi connectivity index (χ3n) is 5.27. The maximum absolute atomic E-state index is 5.45. The van der Waals surface area contributed by atoms with Gasteiger partial charge < -0.3 is 13.3 Å². The Labute approximate surface area is 197 Å². The minimum Gasteiger partial charge on any atom is -0.377 e. The zero-order valence-electron chi connectivity index (χ0n) is 19.5. The molecule has 3 nitrogen and oxygen atoms in total. The van der Waals surface area contributed by atoms with Gasteiger partial charge in [-0.1, -0.05) is 138 Å². The maximum atomic E-state index is 5.45. The minimum atomic E-state index is -2.32. The first-order valence-corrected chi connectivity index (χ1v) is 14.8. The number of alkyl halides is 3. The van der Waals surface area contributed by atoms with Crippen LogP contribution in [0.2, 0.25) is 6.04 Å². The number of hydrogen-bond acceptors (Lipinski definition) is 3. The van der Waals surface area contributed by atoms with Crippen molar-refractivity contribution in [3.05, 3.63) is 0 Å². The van der Waals surface area contributed by atoms with Crippen molar-refractivity contribution >= 4 is 43.6 Å². The Hall–Kier alpha value is 0.967. The molecule has 0 unspecified atom stereocenters. The smallest absolute Gasteiger partial charge is 0.377 e. The first-order chi connectivity index (χ1) is 14.0.